The number of ether oxygens (including phenoxy) is 1. The zero-order valence-electron chi connectivity index (χ0n) is 20.1. The van der Waals surface area contributed by atoms with Gasteiger partial charge in [-0.1, -0.05) is 18.2 Å². The number of carbonyl (C=O) groups excluding carboxylic acids is 2. The number of rotatable bonds is 4. The Kier molecular flexibility index (Phi) is 6.76. The van der Waals surface area contributed by atoms with Gasteiger partial charge in [-0.2, -0.15) is 0 Å². The Hall–Kier alpha value is -3.86. The van der Waals surface area contributed by atoms with Crippen molar-refractivity contribution in [3.05, 3.63) is 72.3 Å². The van der Waals surface area contributed by atoms with E-state index in [9.17, 15) is 31.2 Å². The van der Waals surface area contributed by atoms with Crippen LogP contribution >= 0.6 is 0 Å². The minimum Gasteiger partial charge on any atom is -0.406 e. The van der Waals surface area contributed by atoms with Crippen LogP contribution in [0.1, 0.15) is 24.2 Å². The van der Waals surface area contributed by atoms with E-state index < -0.39 is 27.9 Å². The number of sulfone groups is 1. The summed E-state index contributed by atoms with van der Waals surface area (Å²) in [5, 5.41) is 0. The Morgan fingerprint density at radius 3 is 2.05 bits per heavy atom. The van der Waals surface area contributed by atoms with Crippen molar-refractivity contribution in [1.82, 2.24) is 0 Å². The second kappa shape index (κ2) is 9.55. The van der Waals surface area contributed by atoms with Gasteiger partial charge in [0.25, 0.3) is 5.91 Å². The number of alkyl halides is 3. The van der Waals surface area contributed by atoms with E-state index in [0.717, 1.165) is 18.4 Å². The monoisotopic (exact) mass is 532 g/mol. The first-order valence-corrected chi connectivity index (χ1v) is 13.1. The van der Waals surface area contributed by atoms with Crippen LogP contribution in [0.25, 0.3) is 11.1 Å². The molecule has 37 heavy (non-hydrogen) atoms. The normalized spacial score (nSPS) is 15.8. The van der Waals surface area contributed by atoms with Gasteiger partial charge in [0.1, 0.15) is 5.75 Å². The predicted molar refractivity (Wildman–Crippen MR) is 132 cm³/mol. The van der Waals surface area contributed by atoms with Crippen molar-refractivity contribution in [2.24, 2.45) is 0 Å². The summed E-state index contributed by atoms with van der Waals surface area (Å²) >= 11 is 0. The first-order valence-electron chi connectivity index (χ1n) is 11.2. The molecular weight excluding hydrogens is 509 g/mol. The van der Waals surface area contributed by atoms with Crippen LogP contribution in [0.15, 0.2) is 71.6 Å². The van der Waals surface area contributed by atoms with Gasteiger partial charge >= 0.3 is 6.36 Å². The molecular formula is C26H23F3N2O5S. The maximum absolute atomic E-state index is 13.5. The fraction of sp³-hybridized carbons (Fsp3) is 0.231. The highest BCUT2D eigenvalue weighted by molar-refractivity contribution is 7.90. The summed E-state index contributed by atoms with van der Waals surface area (Å²) in [4.78, 5) is 29.1. The van der Waals surface area contributed by atoms with Crippen molar-refractivity contribution in [3.63, 3.8) is 0 Å². The smallest absolute Gasteiger partial charge is 0.406 e. The van der Waals surface area contributed by atoms with Gasteiger partial charge < -0.3 is 14.5 Å². The Bertz CT molecular complexity index is 1450. The Balaban J connectivity index is 1.74. The van der Waals surface area contributed by atoms with Gasteiger partial charge in [-0.15, -0.1) is 13.2 Å². The third kappa shape index (κ3) is 5.61. The van der Waals surface area contributed by atoms with Crippen LogP contribution in [0.4, 0.5) is 24.5 Å². The Labute approximate surface area is 212 Å². The van der Waals surface area contributed by atoms with E-state index in [4.69, 9.17) is 0 Å². The number of fused-ring (bicyclic) bond motifs is 1. The molecule has 2 amide bonds. The highest BCUT2D eigenvalue weighted by Gasteiger charge is 2.35. The van der Waals surface area contributed by atoms with Crippen LogP contribution in [0.5, 0.6) is 5.75 Å². The summed E-state index contributed by atoms with van der Waals surface area (Å²) in [6.45, 7) is 3.38. The van der Waals surface area contributed by atoms with Crippen molar-refractivity contribution in [2.75, 3.05) is 22.6 Å². The van der Waals surface area contributed by atoms with E-state index in [0.29, 0.717) is 22.5 Å². The number of benzene rings is 3. The lowest BCUT2D eigenvalue weighted by molar-refractivity contribution is -0.274. The molecule has 0 fully saturated rings. The van der Waals surface area contributed by atoms with E-state index in [1.807, 2.05) is 0 Å². The maximum Gasteiger partial charge on any atom is 0.573 e. The average Bonchev–Trinajstić information content (AvgIpc) is 2.81. The molecule has 194 valence electrons. The second-order valence-corrected chi connectivity index (χ2v) is 10.7. The number of amides is 2. The summed E-state index contributed by atoms with van der Waals surface area (Å²) < 4.78 is 65.0. The maximum atomic E-state index is 13.5. The number of halogens is 3. The van der Waals surface area contributed by atoms with Crippen LogP contribution < -0.4 is 14.5 Å². The Morgan fingerprint density at radius 2 is 1.51 bits per heavy atom. The van der Waals surface area contributed by atoms with Gasteiger partial charge in [0.2, 0.25) is 5.91 Å². The van der Waals surface area contributed by atoms with E-state index in [1.54, 1.807) is 42.2 Å². The van der Waals surface area contributed by atoms with E-state index >= 15 is 0 Å². The van der Waals surface area contributed by atoms with Crippen LogP contribution in [0.3, 0.4) is 0 Å². The highest BCUT2D eigenvalue weighted by atomic mass is 32.2. The molecule has 0 unspecified atom stereocenters. The number of anilines is 2. The molecule has 0 spiro atoms. The fourth-order valence-corrected chi connectivity index (χ4v) is 4.96. The van der Waals surface area contributed by atoms with Crippen molar-refractivity contribution >= 4 is 33.0 Å². The van der Waals surface area contributed by atoms with Gasteiger partial charge in [0.15, 0.2) is 9.84 Å². The fourth-order valence-electron chi connectivity index (χ4n) is 4.33. The Morgan fingerprint density at radius 1 is 0.919 bits per heavy atom. The van der Waals surface area contributed by atoms with Crippen molar-refractivity contribution in [1.29, 1.82) is 0 Å². The number of hydrogen-bond donors (Lipinski definition) is 0. The van der Waals surface area contributed by atoms with E-state index in [-0.39, 0.29) is 29.0 Å². The minimum atomic E-state index is -4.85. The van der Waals surface area contributed by atoms with Crippen LogP contribution in [0, 0.1) is 0 Å². The predicted octanol–water partition coefficient (Wildman–Crippen LogP) is 5.06. The number of carbonyl (C=O) groups is 2. The molecule has 0 bridgehead atoms. The molecule has 0 N–H and O–H groups in total. The van der Waals surface area contributed by atoms with E-state index in [1.165, 1.54) is 36.1 Å². The lowest BCUT2D eigenvalue weighted by atomic mass is 10.00. The molecule has 7 nitrogen and oxygen atoms in total. The second-order valence-electron chi connectivity index (χ2n) is 8.73. The third-order valence-corrected chi connectivity index (χ3v) is 7.08. The van der Waals surface area contributed by atoms with E-state index in [2.05, 4.69) is 4.74 Å². The standard InChI is InChI=1S/C26H23F3N2O5S/c1-16-15-30(25(33)19-4-9-21(10-5-19)36-26(27,28)29)24-14-20(8-13-23(24)31(16)17(2)32)18-6-11-22(12-7-18)37(3,34)35/h4-14,16H,15H2,1-3H3/t16-/m0/s1. The lowest BCUT2D eigenvalue weighted by Gasteiger charge is -2.41. The quantitative estimate of drug-likeness (QED) is 0.469. The van der Waals surface area contributed by atoms with Crippen LogP contribution in [0.2, 0.25) is 0 Å². The SMILES string of the molecule is CC(=O)N1c2ccc(-c3ccc(S(C)(=O)=O)cc3)cc2N(C(=O)c2ccc(OC(F)(F)F)cc2)C[C@@H]1C. The molecule has 3 aromatic carbocycles. The lowest BCUT2D eigenvalue weighted by Crippen LogP contribution is -2.51. The first kappa shape index (κ1) is 26.2. The highest BCUT2D eigenvalue weighted by Crippen LogP contribution is 2.40. The van der Waals surface area contributed by atoms with Crippen molar-refractivity contribution < 1.29 is 35.9 Å². The molecule has 0 saturated heterocycles. The molecule has 3 aromatic rings. The average molecular weight is 533 g/mol. The summed E-state index contributed by atoms with van der Waals surface area (Å²) in [7, 11) is -3.37. The van der Waals surface area contributed by atoms with Gasteiger partial charge in [-0.25, -0.2) is 8.42 Å². The van der Waals surface area contributed by atoms with Gasteiger partial charge in [-0.3, -0.25) is 9.59 Å². The zero-order chi connectivity index (χ0) is 27.1. The van der Waals surface area contributed by atoms with Gasteiger partial charge in [0, 0.05) is 25.3 Å². The van der Waals surface area contributed by atoms with Crippen molar-refractivity contribution in [2.45, 2.75) is 31.1 Å². The van der Waals surface area contributed by atoms with Gasteiger partial charge in [0.05, 0.1) is 22.3 Å². The first-order chi connectivity index (χ1) is 17.2. The molecule has 1 aliphatic heterocycles. The molecule has 0 aromatic heterocycles. The molecule has 1 atom stereocenters. The molecule has 0 radical (unpaired) electrons. The number of nitrogens with zero attached hydrogens (tertiary/aromatic N) is 2. The molecule has 1 aliphatic rings. The summed E-state index contributed by atoms with van der Waals surface area (Å²) in [6.07, 6.45) is -3.73. The van der Waals surface area contributed by atoms with Crippen LogP contribution in [-0.4, -0.2) is 45.4 Å². The molecule has 4 rings (SSSR count). The van der Waals surface area contributed by atoms with Crippen molar-refractivity contribution in [3.8, 4) is 16.9 Å². The topological polar surface area (TPSA) is 84.0 Å². The summed E-state index contributed by atoms with van der Waals surface area (Å²) in [5.74, 6) is -1.11. The molecule has 0 aliphatic carbocycles. The van der Waals surface area contributed by atoms with Crippen LogP contribution in [-0.2, 0) is 14.6 Å². The summed E-state index contributed by atoms with van der Waals surface area (Å²) in [6, 6.07) is 15.8. The molecule has 1 heterocycles. The summed E-state index contributed by atoms with van der Waals surface area (Å²) in [5.41, 5.74) is 2.48. The number of hydrogen-bond acceptors (Lipinski definition) is 5. The minimum absolute atomic E-state index is 0.145. The largest absolute Gasteiger partial charge is 0.573 e. The third-order valence-electron chi connectivity index (χ3n) is 5.95. The zero-order valence-corrected chi connectivity index (χ0v) is 20.9. The molecule has 0 saturated carbocycles. The molecule has 11 heteroatoms. The van der Waals surface area contributed by atoms with Gasteiger partial charge in [-0.05, 0) is 66.6 Å².